The Morgan fingerprint density at radius 2 is 1.95 bits per heavy atom. The van der Waals surface area contributed by atoms with Crippen LogP contribution in [0.1, 0.15) is 20.3 Å². The van der Waals surface area contributed by atoms with Crippen LogP contribution in [0, 0.1) is 0 Å². The molecule has 4 heteroatoms. The number of hydrogen-bond acceptors (Lipinski definition) is 3. The molecular formula is C17H21NO2S. The second-order valence-electron chi connectivity index (χ2n) is 5.28. The quantitative estimate of drug-likeness (QED) is 0.764. The predicted molar refractivity (Wildman–Crippen MR) is 89.0 cm³/mol. The van der Waals surface area contributed by atoms with E-state index in [0.717, 1.165) is 5.75 Å². The van der Waals surface area contributed by atoms with Gasteiger partial charge in [0.1, 0.15) is 5.54 Å². The fourth-order valence-electron chi connectivity index (χ4n) is 2.29. The zero-order valence-corrected chi connectivity index (χ0v) is 13.2. The molecule has 0 fully saturated rings. The molecule has 0 bridgehead atoms. The molecule has 2 aromatic carbocycles. The number of nitrogens with one attached hydrogen (secondary N) is 1. The molecule has 0 aromatic heterocycles. The summed E-state index contributed by atoms with van der Waals surface area (Å²) in [4.78, 5) is 12.5. The number of benzene rings is 2. The lowest BCUT2D eigenvalue weighted by Gasteiger charge is -2.25. The molecule has 0 amide bonds. The standard InChI is InChI=1S/C17H21NO2S/c1-3-18-17(2,16(19)20)10-11-21-15-9-8-13-6-4-5-7-14(13)12-15/h4-9,12,18H,3,10-11H2,1-2H3,(H,19,20). The Morgan fingerprint density at radius 3 is 2.62 bits per heavy atom. The van der Waals surface area contributed by atoms with Gasteiger partial charge in [-0.1, -0.05) is 37.3 Å². The Morgan fingerprint density at radius 1 is 1.24 bits per heavy atom. The van der Waals surface area contributed by atoms with E-state index >= 15 is 0 Å². The van der Waals surface area contributed by atoms with Crippen molar-refractivity contribution in [1.82, 2.24) is 5.32 Å². The van der Waals surface area contributed by atoms with E-state index < -0.39 is 11.5 Å². The SMILES string of the molecule is CCNC(C)(CCSc1ccc2ccccc2c1)C(=O)O. The van der Waals surface area contributed by atoms with Crippen LogP contribution in [0.25, 0.3) is 10.8 Å². The number of carboxylic acids is 1. The summed E-state index contributed by atoms with van der Waals surface area (Å²) >= 11 is 1.70. The molecule has 0 saturated carbocycles. The van der Waals surface area contributed by atoms with E-state index in [1.165, 1.54) is 15.7 Å². The van der Waals surface area contributed by atoms with Crippen LogP contribution in [0.2, 0.25) is 0 Å². The number of hydrogen-bond donors (Lipinski definition) is 2. The van der Waals surface area contributed by atoms with Gasteiger partial charge in [0.15, 0.2) is 0 Å². The lowest BCUT2D eigenvalue weighted by molar-refractivity contribution is -0.144. The van der Waals surface area contributed by atoms with Crippen molar-refractivity contribution in [1.29, 1.82) is 0 Å². The summed E-state index contributed by atoms with van der Waals surface area (Å²) < 4.78 is 0. The zero-order valence-electron chi connectivity index (χ0n) is 12.4. The zero-order chi connectivity index (χ0) is 15.3. The molecule has 0 aliphatic carbocycles. The van der Waals surface area contributed by atoms with Gasteiger partial charge in [0.05, 0.1) is 0 Å². The van der Waals surface area contributed by atoms with Gasteiger partial charge in [-0.05, 0) is 42.8 Å². The van der Waals surface area contributed by atoms with E-state index in [2.05, 4.69) is 35.6 Å². The highest BCUT2D eigenvalue weighted by molar-refractivity contribution is 7.99. The Kier molecular flexibility index (Phi) is 5.26. The minimum atomic E-state index is -0.849. The third-order valence-corrected chi connectivity index (χ3v) is 4.63. The smallest absolute Gasteiger partial charge is 0.323 e. The van der Waals surface area contributed by atoms with Crippen LogP contribution in [-0.2, 0) is 4.79 Å². The molecule has 3 nitrogen and oxygen atoms in total. The maximum atomic E-state index is 11.4. The Hall–Kier alpha value is -1.52. The molecule has 2 N–H and O–H groups in total. The fourth-order valence-corrected chi connectivity index (χ4v) is 3.41. The van der Waals surface area contributed by atoms with Gasteiger partial charge >= 0.3 is 5.97 Å². The first-order chi connectivity index (χ1) is 10.0. The summed E-state index contributed by atoms with van der Waals surface area (Å²) in [6.45, 7) is 4.33. The normalized spacial score (nSPS) is 14.0. The summed E-state index contributed by atoms with van der Waals surface area (Å²) in [5.41, 5.74) is -0.849. The first kappa shape index (κ1) is 15.9. The van der Waals surface area contributed by atoms with Gasteiger partial charge in [-0.3, -0.25) is 4.79 Å². The highest BCUT2D eigenvalue weighted by atomic mass is 32.2. The third kappa shape index (κ3) is 3.99. The van der Waals surface area contributed by atoms with Gasteiger partial charge < -0.3 is 10.4 Å². The highest BCUT2D eigenvalue weighted by Gasteiger charge is 2.31. The molecular weight excluding hydrogens is 282 g/mol. The summed E-state index contributed by atoms with van der Waals surface area (Å²) in [5.74, 6) is -0.0165. The minimum absolute atomic E-state index is 0.591. The van der Waals surface area contributed by atoms with Crippen LogP contribution in [0.4, 0.5) is 0 Å². The molecule has 2 rings (SSSR count). The van der Waals surface area contributed by atoms with Crippen molar-refractivity contribution in [2.45, 2.75) is 30.7 Å². The van der Waals surface area contributed by atoms with Gasteiger partial charge in [-0.2, -0.15) is 0 Å². The summed E-state index contributed by atoms with van der Waals surface area (Å²) in [6, 6.07) is 14.6. The molecule has 0 radical (unpaired) electrons. The molecule has 1 unspecified atom stereocenters. The van der Waals surface area contributed by atoms with Crippen molar-refractivity contribution in [2.75, 3.05) is 12.3 Å². The lowest BCUT2D eigenvalue weighted by atomic mass is 9.99. The fraction of sp³-hybridized carbons (Fsp3) is 0.353. The van der Waals surface area contributed by atoms with Gasteiger partial charge in [-0.25, -0.2) is 0 Å². The van der Waals surface area contributed by atoms with E-state index in [0.29, 0.717) is 13.0 Å². The highest BCUT2D eigenvalue weighted by Crippen LogP contribution is 2.26. The lowest BCUT2D eigenvalue weighted by Crippen LogP contribution is -2.49. The van der Waals surface area contributed by atoms with Gasteiger partial charge in [0.25, 0.3) is 0 Å². The van der Waals surface area contributed by atoms with Crippen molar-refractivity contribution in [2.24, 2.45) is 0 Å². The number of fused-ring (bicyclic) bond motifs is 1. The van der Waals surface area contributed by atoms with E-state index in [4.69, 9.17) is 0 Å². The van der Waals surface area contributed by atoms with Crippen molar-refractivity contribution in [3.63, 3.8) is 0 Å². The number of rotatable bonds is 7. The Balaban J connectivity index is 1.99. The average molecular weight is 303 g/mol. The van der Waals surface area contributed by atoms with E-state index in [1.54, 1.807) is 18.7 Å². The molecule has 0 aliphatic rings. The largest absolute Gasteiger partial charge is 0.480 e. The van der Waals surface area contributed by atoms with Crippen molar-refractivity contribution in [3.05, 3.63) is 42.5 Å². The van der Waals surface area contributed by atoms with Crippen LogP contribution in [-0.4, -0.2) is 28.9 Å². The minimum Gasteiger partial charge on any atom is -0.480 e. The summed E-state index contributed by atoms with van der Waals surface area (Å²) in [7, 11) is 0. The summed E-state index contributed by atoms with van der Waals surface area (Å²) in [5, 5.41) is 14.8. The number of likely N-dealkylation sites (N-methyl/N-ethyl adjacent to an activating group) is 1. The van der Waals surface area contributed by atoms with Crippen LogP contribution >= 0.6 is 11.8 Å². The van der Waals surface area contributed by atoms with E-state index in [9.17, 15) is 9.90 Å². The molecule has 1 atom stereocenters. The molecule has 0 saturated heterocycles. The number of carbonyl (C=O) groups is 1. The third-order valence-electron chi connectivity index (χ3n) is 3.63. The Bertz CT molecular complexity index is 629. The number of carboxylic acid groups (broad SMARTS) is 1. The maximum Gasteiger partial charge on any atom is 0.323 e. The predicted octanol–water partition coefficient (Wildman–Crippen LogP) is 3.77. The van der Waals surface area contributed by atoms with Gasteiger partial charge in [0.2, 0.25) is 0 Å². The molecule has 21 heavy (non-hydrogen) atoms. The monoisotopic (exact) mass is 303 g/mol. The number of aliphatic carboxylic acids is 1. The van der Waals surface area contributed by atoms with E-state index in [-0.39, 0.29) is 0 Å². The van der Waals surface area contributed by atoms with Crippen LogP contribution in [0.5, 0.6) is 0 Å². The second-order valence-corrected chi connectivity index (χ2v) is 6.44. The number of thioether (sulfide) groups is 1. The molecule has 0 aliphatic heterocycles. The maximum absolute atomic E-state index is 11.4. The molecule has 112 valence electrons. The molecule has 0 heterocycles. The van der Waals surface area contributed by atoms with Gasteiger partial charge in [0, 0.05) is 10.6 Å². The van der Waals surface area contributed by atoms with Crippen LogP contribution < -0.4 is 5.32 Å². The second kappa shape index (κ2) is 6.96. The first-order valence-corrected chi connectivity index (χ1v) is 8.14. The van der Waals surface area contributed by atoms with Crippen LogP contribution in [0.15, 0.2) is 47.4 Å². The topological polar surface area (TPSA) is 49.3 Å². The van der Waals surface area contributed by atoms with E-state index in [1.807, 2.05) is 19.1 Å². The molecule has 0 spiro atoms. The van der Waals surface area contributed by atoms with Gasteiger partial charge in [-0.15, -0.1) is 11.8 Å². The first-order valence-electron chi connectivity index (χ1n) is 7.15. The molecule has 2 aromatic rings. The Labute approximate surface area is 129 Å². The van der Waals surface area contributed by atoms with Crippen LogP contribution in [0.3, 0.4) is 0 Å². The average Bonchev–Trinajstić information content (AvgIpc) is 2.47. The summed E-state index contributed by atoms with van der Waals surface area (Å²) in [6.07, 6.45) is 0.591. The van der Waals surface area contributed by atoms with Crippen molar-refractivity contribution < 1.29 is 9.90 Å². The van der Waals surface area contributed by atoms with Crippen molar-refractivity contribution >= 4 is 28.5 Å². The van der Waals surface area contributed by atoms with Crippen molar-refractivity contribution in [3.8, 4) is 0 Å².